The van der Waals surface area contributed by atoms with Gasteiger partial charge in [0.25, 0.3) is 0 Å². The molecular formula is C15H20N2O4. The predicted molar refractivity (Wildman–Crippen MR) is 76.8 cm³/mol. The van der Waals surface area contributed by atoms with Gasteiger partial charge in [-0.2, -0.15) is 0 Å². The summed E-state index contributed by atoms with van der Waals surface area (Å²) in [7, 11) is 0. The normalized spacial score (nSPS) is 21.5. The Morgan fingerprint density at radius 2 is 2.10 bits per heavy atom. The van der Waals surface area contributed by atoms with Crippen molar-refractivity contribution in [3.05, 3.63) is 35.9 Å². The summed E-state index contributed by atoms with van der Waals surface area (Å²) in [6, 6.07) is 9.33. The highest BCUT2D eigenvalue weighted by Crippen LogP contribution is 2.25. The lowest BCUT2D eigenvalue weighted by Gasteiger charge is -2.33. The maximum absolute atomic E-state index is 11.7. The van der Waals surface area contributed by atoms with Crippen molar-refractivity contribution in [1.29, 1.82) is 0 Å². The van der Waals surface area contributed by atoms with Crippen molar-refractivity contribution in [2.24, 2.45) is 5.41 Å². The van der Waals surface area contributed by atoms with Crippen LogP contribution in [0.1, 0.15) is 18.4 Å². The number of carboxylic acid groups (broad SMARTS) is 1. The monoisotopic (exact) mass is 292 g/mol. The van der Waals surface area contributed by atoms with Gasteiger partial charge in [-0.05, 0) is 24.9 Å². The first-order chi connectivity index (χ1) is 10.1. The lowest BCUT2D eigenvalue weighted by Crippen LogP contribution is -2.52. The summed E-state index contributed by atoms with van der Waals surface area (Å²) in [5.41, 5.74) is -0.0516. The molecule has 114 valence electrons. The van der Waals surface area contributed by atoms with E-state index in [0.29, 0.717) is 13.0 Å². The second kappa shape index (κ2) is 7.08. The van der Waals surface area contributed by atoms with Crippen LogP contribution in [0.2, 0.25) is 0 Å². The molecule has 1 aliphatic rings. The number of alkyl carbamates (subject to hydrolysis) is 1. The average Bonchev–Trinajstić information content (AvgIpc) is 2.52. The molecule has 0 saturated carbocycles. The van der Waals surface area contributed by atoms with Crippen molar-refractivity contribution in [3.63, 3.8) is 0 Å². The van der Waals surface area contributed by atoms with Crippen LogP contribution in [0.15, 0.2) is 30.3 Å². The van der Waals surface area contributed by atoms with Crippen LogP contribution >= 0.6 is 0 Å². The first kappa shape index (κ1) is 15.3. The van der Waals surface area contributed by atoms with Gasteiger partial charge in [0.05, 0.1) is 5.41 Å². The second-order valence-corrected chi connectivity index (χ2v) is 5.28. The van der Waals surface area contributed by atoms with Gasteiger partial charge < -0.3 is 20.5 Å². The third-order valence-electron chi connectivity index (χ3n) is 3.71. The number of amides is 1. The van der Waals surface area contributed by atoms with E-state index in [0.717, 1.165) is 18.5 Å². The summed E-state index contributed by atoms with van der Waals surface area (Å²) in [6.07, 6.45) is 0.742. The Hall–Kier alpha value is -2.08. The molecule has 6 nitrogen and oxygen atoms in total. The zero-order chi connectivity index (χ0) is 15.1. The molecule has 0 bridgehead atoms. The van der Waals surface area contributed by atoms with E-state index in [2.05, 4.69) is 10.6 Å². The highest BCUT2D eigenvalue weighted by Gasteiger charge is 2.40. The molecule has 1 aliphatic heterocycles. The number of carbonyl (C=O) groups is 2. The first-order valence-electron chi connectivity index (χ1n) is 7.01. The molecule has 6 heteroatoms. The van der Waals surface area contributed by atoms with Crippen LogP contribution in [0.3, 0.4) is 0 Å². The molecule has 1 unspecified atom stereocenters. The molecule has 3 N–H and O–H groups in total. The molecule has 0 spiro atoms. The molecule has 1 aromatic rings. The highest BCUT2D eigenvalue weighted by molar-refractivity contribution is 5.77. The van der Waals surface area contributed by atoms with Crippen LogP contribution < -0.4 is 10.6 Å². The summed E-state index contributed by atoms with van der Waals surface area (Å²) in [5, 5.41) is 15.0. The van der Waals surface area contributed by atoms with Gasteiger partial charge in [-0.25, -0.2) is 4.79 Å². The Labute approximate surface area is 123 Å². The van der Waals surface area contributed by atoms with E-state index < -0.39 is 17.5 Å². The van der Waals surface area contributed by atoms with Crippen LogP contribution in [0.25, 0.3) is 0 Å². The van der Waals surface area contributed by atoms with Gasteiger partial charge in [0.1, 0.15) is 6.61 Å². The summed E-state index contributed by atoms with van der Waals surface area (Å²) in [6.45, 7) is 1.42. The Morgan fingerprint density at radius 3 is 2.71 bits per heavy atom. The SMILES string of the molecule is O=C(NCC1(C(=O)O)CCCNC1)OCc1ccccc1. The number of piperidine rings is 1. The van der Waals surface area contributed by atoms with E-state index in [1.165, 1.54) is 0 Å². The fourth-order valence-electron chi connectivity index (χ4n) is 2.39. The number of ether oxygens (including phenoxy) is 1. The van der Waals surface area contributed by atoms with Crippen LogP contribution in [0, 0.1) is 5.41 Å². The lowest BCUT2D eigenvalue weighted by molar-refractivity contribution is -0.149. The number of hydrogen-bond acceptors (Lipinski definition) is 4. The molecule has 1 fully saturated rings. The molecule has 2 rings (SSSR count). The van der Waals surface area contributed by atoms with Gasteiger partial charge in [-0.3, -0.25) is 4.79 Å². The van der Waals surface area contributed by atoms with Crippen molar-refractivity contribution in [1.82, 2.24) is 10.6 Å². The quantitative estimate of drug-likeness (QED) is 0.763. The fraction of sp³-hybridized carbons (Fsp3) is 0.467. The van der Waals surface area contributed by atoms with Crippen LogP contribution in [0.5, 0.6) is 0 Å². The number of benzene rings is 1. The molecule has 1 heterocycles. The number of aliphatic carboxylic acids is 1. The largest absolute Gasteiger partial charge is 0.481 e. The molecule has 0 aromatic heterocycles. The maximum Gasteiger partial charge on any atom is 0.407 e. The Bertz CT molecular complexity index is 484. The third-order valence-corrected chi connectivity index (χ3v) is 3.71. The Kier molecular flexibility index (Phi) is 5.16. The van der Waals surface area contributed by atoms with Gasteiger partial charge >= 0.3 is 12.1 Å². The summed E-state index contributed by atoms with van der Waals surface area (Å²) >= 11 is 0. The van der Waals surface area contributed by atoms with Crippen LogP contribution in [-0.2, 0) is 16.1 Å². The predicted octanol–water partition coefficient (Wildman–Crippen LogP) is 1.37. The molecule has 1 amide bonds. The second-order valence-electron chi connectivity index (χ2n) is 5.28. The van der Waals surface area contributed by atoms with Crippen molar-refractivity contribution in [2.45, 2.75) is 19.4 Å². The minimum absolute atomic E-state index is 0.0724. The lowest BCUT2D eigenvalue weighted by atomic mass is 9.80. The van der Waals surface area contributed by atoms with E-state index in [1.54, 1.807) is 0 Å². The summed E-state index contributed by atoms with van der Waals surface area (Å²) < 4.78 is 5.08. The minimum Gasteiger partial charge on any atom is -0.481 e. The Morgan fingerprint density at radius 1 is 1.33 bits per heavy atom. The van der Waals surface area contributed by atoms with Gasteiger partial charge in [-0.1, -0.05) is 30.3 Å². The van der Waals surface area contributed by atoms with Gasteiger partial charge in [0.2, 0.25) is 0 Å². The zero-order valence-electron chi connectivity index (χ0n) is 11.8. The standard InChI is InChI=1S/C15H20N2O4/c18-13(19)15(7-4-8-16-10-15)11-17-14(20)21-9-12-5-2-1-3-6-12/h1-3,5-6,16H,4,7-11H2,(H,17,20)(H,18,19). The van der Waals surface area contributed by atoms with Crippen molar-refractivity contribution < 1.29 is 19.4 Å². The van der Waals surface area contributed by atoms with E-state index >= 15 is 0 Å². The molecule has 0 aliphatic carbocycles. The number of rotatable bonds is 5. The van der Waals surface area contributed by atoms with E-state index in [4.69, 9.17) is 4.74 Å². The molecule has 0 radical (unpaired) electrons. The van der Waals surface area contributed by atoms with Gasteiger partial charge in [0, 0.05) is 13.1 Å². The Balaban J connectivity index is 1.80. The van der Waals surface area contributed by atoms with Crippen molar-refractivity contribution in [2.75, 3.05) is 19.6 Å². The van der Waals surface area contributed by atoms with Crippen molar-refractivity contribution >= 4 is 12.1 Å². The van der Waals surface area contributed by atoms with Crippen LogP contribution in [0.4, 0.5) is 4.79 Å². The van der Waals surface area contributed by atoms with E-state index in [9.17, 15) is 14.7 Å². The summed E-state index contributed by atoms with van der Waals surface area (Å²) in [4.78, 5) is 23.1. The zero-order valence-corrected chi connectivity index (χ0v) is 11.8. The first-order valence-corrected chi connectivity index (χ1v) is 7.01. The molecule has 1 aromatic carbocycles. The maximum atomic E-state index is 11.7. The molecule has 1 atom stereocenters. The van der Waals surface area contributed by atoms with Crippen LogP contribution in [-0.4, -0.2) is 36.8 Å². The van der Waals surface area contributed by atoms with E-state index in [1.807, 2.05) is 30.3 Å². The molecule has 21 heavy (non-hydrogen) atoms. The number of nitrogens with one attached hydrogen (secondary N) is 2. The topological polar surface area (TPSA) is 87.7 Å². The fourth-order valence-corrected chi connectivity index (χ4v) is 2.39. The molecular weight excluding hydrogens is 272 g/mol. The highest BCUT2D eigenvalue weighted by atomic mass is 16.5. The minimum atomic E-state index is -0.940. The number of carboxylic acids is 1. The summed E-state index contributed by atoms with van der Waals surface area (Å²) in [5.74, 6) is -0.891. The van der Waals surface area contributed by atoms with E-state index in [-0.39, 0.29) is 13.2 Å². The average molecular weight is 292 g/mol. The van der Waals surface area contributed by atoms with Gasteiger partial charge in [0.15, 0.2) is 0 Å². The number of carbonyl (C=O) groups excluding carboxylic acids is 1. The van der Waals surface area contributed by atoms with Gasteiger partial charge in [-0.15, -0.1) is 0 Å². The smallest absolute Gasteiger partial charge is 0.407 e. The van der Waals surface area contributed by atoms with Crippen molar-refractivity contribution in [3.8, 4) is 0 Å². The third kappa shape index (κ3) is 4.19. The molecule has 1 saturated heterocycles. The number of hydrogen-bond donors (Lipinski definition) is 3.